The molecule has 108 valence electrons. The molecule has 2 aromatic rings. The Kier molecular flexibility index (Phi) is 4.62. The van der Waals surface area contributed by atoms with E-state index in [1.54, 1.807) is 12.1 Å². The van der Waals surface area contributed by atoms with E-state index in [0.29, 0.717) is 17.1 Å². The van der Waals surface area contributed by atoms with Crippen molar-refractivity contribution in [3.05, 3.63) is 33.8 Å². The lowest BCUT2D eigenvalue weighted by Crippen LogP contribution is -1.98. The number of thiazole rings is 1. The van der Waals surface area contributed by atoms with Crippen LogP contribution in [0.2, 0.25) is 5.15 Å². The maximum Gasteiger partial charge on any atom is 0.351 e. The minimum atomic E-state index is -0.584. The molecular formula is C13H9ClN2O4S. The summed E-state index contributed by atoms with van der Waals surface area (Å²) in [5, 5.41) is 9.02. The number of rotatable bonds is 4. The molecule has 0 atom stereocenters. The molecule has 0 fully saturated rings. The molecule has 0 aliphatic rings. The summed E-state index contributed by atoms with van der Waals surface area (Å²) >= 11 is 6.81. The zero-order valence-electron chi connectivity index (χ0n) is 11.0. The van der Waals surface area contributed by atoms with Crippen LogP contribution < -0.4 is 9.47 Å². The zero-order valence-corrected chi connectivity index (χ0v) is 12.6. The third-order valence-corrected chi connectivity index (χ3v) is 3.73. The lowest BCUT2D eigenvalue weighted by Gasteiger charge is -2.07. The topological polar surface area (TPSA) is 81.4 Å². The maximum absolute atomic E-state index is 11.5. The summed E-state index contributed by atoms with van der Waals surface area (Å²) < 4.78 is 15.3. The van der Waals surface area contributed by atoms with Gasteiger partial charge in [-0.2, -0.15) is 10.2 Å². The van der Waals surface area contributed by atoms with Gasteiger partial charge in [-0.3, -0.25) is 0 Å². The maximum atomic E-state index is 11.5. The zero-order chi connectivity index (χ0) is 15.4. The Hall–Kier alpha value is -2.30. The van der Waals surface area contributed by atoms with Gasteiger partial charge in [-0.25, -0.2) is 4.79 Å². The van der Waals surface area contributed by atoms with Crippen molar-refractivity contribution in [2.24, 2.45) is 0 Å². The van der Waals surface area contributed by atoms with Crippen LogP contribution in [0.1, 0.15) is 15.2 Å². The van der Waals surface area contributed by atoms with Gasteiger partial charge in [-0.1, -0.05) is 22.9 Å². The largest absolute Gasteiger partial charge is 0.493 e. The number of carbonyl (C=O) groups is 1. The van der Waals surface area contributed by atoms with Crippen LogP contribution in [0.4, 0.5) is 0 Å². The quantitative estimate of drug-likeness (QED) is 0.803. The molecule has 0 N–H and O–H groups in total. The summed E-state index contributed by atoms with van der Waals surface area (Å²) in [6.45, 7) is 0. The number of ether oxygens (including phenoxy) is 3. The third-order valence-electron chi connectivity index (χ3n) is 2.43. The van der Waals surface area contributed by atoms with E-state index in [0.717, 1.165) is 11.3 Å². The van der Waals surface area contributed by atoms with Crippen molar-refractivity contribution < 1.29 is 19.0 Å². The van der Waals surface area contributed by atoms with Gasteiger partial charge in [0, 0.05) is 6.07 Å². The van der Waals surface area contributed by atoms with Gasteiger partial charge in [0.2, 0.25) is 0 Å². The van der Waals surface area contributed by atoms with E-state index in [9.17, 15) is 4.79 Å². The predicted octanol–water partition coefficient (Wildman–Crippen LogP) is 3.26. The molecule has 1 aromatic carbocycles. The summed E-state index contributed by atoms with van der Waals surface area (Å²) in [7, 11) is 2.71. The van der Waals surface area contributed by atoms with E-state index in [1.807, 2.05) is 6.07 Å². The lowest BCUT2D eigenvalue weighted by atomic mass is 10.2. The molecule has 21 heavy (non-hydrogen) atoms. The molecule has 0 spiro atoms. The summed E-state index contributed by atoms with van der Waals surface area (Å²) in [5.74, 6) is 0.150. The van der Waals surface area contributed by atoms with Crippen molar-refractivity contribution >= 4 is 28.9 Å². The second-order valence-corrected chi connectivity index (χ2v) is 4.99. The Labute approximate surface area is 129 Å². The Bertz CT molecular complexity index is 723. The van der Waals surface area contributed by atoms with Crippen molar-refractivity contribution in [3.8, 4) is 22.8 Å². The molecule has 6 nitrogen and oxygen atoms in total. The molecule has 0 saturated carbocycles. The van der Waals surface area contributed by atoms with Gasteiger partial charge in [-0.05, 0) is 12.1 Å². The van der Waals surface area contributed by atoms with Gasteiger partial charge < -0.3 is 14.2 Å². The normalized spacial score (nSPS) is 9.81. The average molecular weight is 325 g/mol. The molecular weight excluding hydrogens is 316 g/mol. The number of halogens is 1. The van der Waals surface area contributed by atoms with E-state index in [2.05, 4.69) is 9.72 Å². The van der Waals surface area contributed by atoms with Gasteiger partial charge in [0.05, 0.1) is 25.9 Å². The van der Waals surface area contributed by atoms with Gasteiger partial charge in [-0.15, -0.1) is 0 Å². The Morgan fingerprint density at radius 1 is 1.38 bits per heavy atom. The number of hydrogen-bond donors (Lipinski definition) is 0. The molecule has 0 bridgehead atoms. The number of hydrogen-bond acceptors (Lipinski definition) is 7. The number of aromatic nitrogens is 1. The van der Waals surface area contributed by atoms with E-state index in [4.69, 9.17) is 26.3 Å². The minimum Gasteiger partial charge on any atom is -0.493 e. The highest BCUT2D eigenvalue weighted by Crippen LogP contribution is 2.36. The summed E-state index contributed by atoms with van der Waals surface area (Å²) in [6.07, 6.45) is 0. The molecule has 0 unspecified atom stereocenters. The molecule has 2 rings (SSSR count). The summed E-state index contributed by atoms with van der Waals surface area (Å²) in [4.78, 5) is 15.5. The first-order chi connectivity index (χ1) is 10.1. The van der Waals surface area contributed by atoms with E-state index >= 15 is 0 Å². The fourth-order valence-electron chi connectivity index (χ4n) is 1.46. The van der Waals surface area contributed by atoms with Crippen LogP contribution in [-0.2, 0) is 4.74 Å². The fourth-order valence-corrected chi connectivity index (χ4v) is 2.52. The van der Waals surface area contributed by atoms with Crippen LogP contribution in [-0.4, -0.2) is 25.2 Å². The Morgan fingerprint density at radius 2 is 2.14 bits per heavy atom. The summed E-state index contributed by atoms with van der Waals surface area (Å²) in [6, 6.07) is 6.68. The second kappa shape index (κ2) is 6.43. The number of nitriles is 1. The molecule has 1 heterocycles. The van der Waals surface area contributed by atoms with Crippen LogP contribution in [0.5, 0.6) is 16.7 Å². The molecule has 8 heteroatoms. The first-order valence-corrected chi connectivity index (χ1v) is 6.79. The first kappa shape index (κ1) is 15.1. The van der Waals surface area contributed by atoms with Crippen molar-refractivity contribution in [1.29, 1.82) is 5.26 Å². The smallest absolute Gasteiger partial charge is 0.351 e. The van der Waals surface area contributed by atoms with Gasteiger partial charge >= 0.3 is 5.97 Å². The summed E-state index contributed by atoms with van der Waals surface area (Å²) in [5.41, 5.74) is 0.437. The molecule has 0 radical (unpaired) electrons. The fraction of sp³-hybridized carbons (Fsp3) is 0.154. The van der Waals surface area contributed by atoms with Crippen molar-refractivity contribution in [1.82, 2.24) is 4.98 Å². The highest BCUT2D eigenvalue weighted by molar-refractivity contribution is 7.15. The van der Waals surface area contributed by atoms with Crippen molar-refractivity contribution in [2.75, 3.05) is 14.2 Å². The van der Waals surface area contributed by atoms with Gasteiger partial charge in [0.25, 0.3) is 5.19 Å². The van der Waals surface area contributed by atoms with E-state index in [-0.39, 0.29) is 15.2 Å². The predicted molar refractivity (Wildman–Crippen MR) is 76.2 cm³/mol. The second-order valence-electron chi connectivity index (χ2n) is 3.67. The molecule has 0 aliphatic carbocycles. The van der Waals surface area contributed by atoms with E-state index < -0.39 is 5.97 Å². The van der Waals surface area contributed by atoms with Crippen LogP contribution >= 0.6 is 22.9 Å². The highest BCUT2D eigenvalue weighted by Gasteiger charge is 2.19. The van der Waals surface area contributed by atoms with Crippen LogP contribution in [0.15, 0.2) is 18.2 Å². The van der Waals surface area contributed by atoms with Crippen LogP contribution in [0.25, 0.3) is 0 Å². The monoisotopic (exact) mass is 324 g/mol. The van der Waals surface area contributed by atoms with Crippen molar-refractivity contribution in [3.63, 3.8) is 0 Å². The molecule has 0 saturated heterocycles. The van der Waals surface area contributed by atoms with E-state index in [1.165, 1.54) is 20.3 Å². The average Bonchev–Trinajstić information content (AvgIpc) is 2.87. The van der Waals surface area contributed by atoms with Crippen LogP contribution in [0, 0.1) is 11.3 Å². The Balaban J connectivity index is 2.31. The number of methoxy groups -OCH3 is 2. The van der Waals surface area contributed by atoms with Gasteiger partial charge in [0.15, 0.2) is 21.5 Å². The van der Waals surface area contributed by atoms with Gasteiger partial charge in [0.1, 0.15) is 0 Å². The minimum absolute atomic E-state index is 0.00876. The highest BCUT2D eigenvalue weighted by atomic mass is 35.5. The SMILES string of the molecule is COC(=O)c1sc(Oc2ccc(C#N)cc2OC)nc1Cl. The van der Waals surface area contributed by atoms with Crippen LogP contribution in [0.3, 0.4) is 0 Å². The molecule has 0 aliphatic heterocycles. The molecule has 0 amide bonds. The molecule has 1 aromatic heterocycles. The number of nitrogens with zero attached hydrogens (tertiary/aromatic N) is 2. The number of esters is 1. The number of carbonyl (C=O) groups excluding carboxylic acids is 1. The Morgan fingerprint density at radius 3 is 2.76 bits per heavy atom. The number of benzene rings is 1. The third kappa shape index (κ3) is 3.24. The lowest BCUT2D eigenvalue weighted by molar-refractivity contribution is 0.0606. The first-order valence-electron chi connectivity index (χ1n) is 5.59. The standard InChI is InChI=1S/C13H9ClN2O4S/c1-18-9-5-7(6-15)3-4-8(9)20-13-16-11(14)10(21-13)12(17)19-2/h3-5H,1-2H3. The van der Waals surface area contributed by atoms with Crippen molar-refractivity contribution in [2.45, 2.75) is 0 Å².